The summed E-state index contributed by atoms with van der Waals surface area (Å²) in [6.07, 6.45) is 0. The molecule has 0 aliphatic carbocycles. The van der Waals surface area contributed by atoms with Crippen molar-refractivity contribution in [3.63, 3.8) is 0 Å². The number of hydrogen-bond acceptors (Lipinski definition) is 2. The van der Waals surface area contributed by atoms with Crippen LogP contribution in [0.3, 0.4) is 0 Å². The summed E-state index contributed by atoms with van der Waals surface area (Å²) >= 11 is 7.05. The topological polar surface area (TPSA) is 27.1 Å². The van der Waals surface area contributed by atoms with E-state index in [-0.39, 0.29) is 0 Å². The van der Waals surface area contributed by atoms with E-state index in [0.717, 1.165) is 48.3 Å². The second-order valence-electron chi connectivity index (χ2n) is 6.85. The SMILES string of the molecule is COc1cccc(Cn2nc(-c3ccc(Br)cc3)c(C)c2-c2ccc(Br)cc2)c1. The van der Waals surface area contributed by atoms with Gasteiger partial charge < -0.3 is 4.74 Å². The van der Waals surface area contributed by atoms with Crippen molar-refractivity contribution in [1.29, 1.82) is 0 Å². The first-order valence-electron chi connectivity index (χ1n) is 9.27. The van der Waals surface area contributed by atoms with E-state index in [9.17, 15) is 0 Å². The highest BCUT2D eigenvalue weighted by molar-refractivity contribution is 9.10. The molecule has 0 amide bonds. The van der Waals surface area contributed by atoms with Crippen molar-refractivity contribution in [3.8, 4) is 28.3 Å². The lowest BCUT2D eigenvalue weighted by molar-refractivity contribution is 0.414. The molecule has 0 aliphatic heterocycles. The van der Waals surface area contributed by atoms with Crippen LogP contribution in [-0.4, -0.2) is 16.9 Å². The van der Waals surface area contributed by atoms with Crippen LogP contribution < -0.4 is 4.74 Å². The molecule has 0 spiro atoms. The first-order chi connectivity index (χ1) is 14.0. The van der Waals surface area contributed by atoms with E-state index in [4.69, 9.17) is 9.84 Å². The van der Waals surface area contributed by atoms with Crippen LogP contribution in [0.5, 0.6) is 5.75 Å². The van der Waals surface area contributed by atoms with Crippen LogP contribution in [0.4, 0.5) is 0 Å². The van der Waals surface area contributed by atoms with Gasteiger partial charge in [0.2, 0.25) is 0 Å². The normalized spacial score (nSPS) is 10.9. The first kappa shape index (κ1) is 19.9. The highest BCUT2D eigenvalue weighted by Crippen LogP contribution is 2.33. The predicted molar refractivity (Wildman–Crippen MR) is 125 cm³/mol. The number of methoxy groups -OCH3 is 1. The minimum Gasteiger partial charge on any atom is -0.497 e. The summed E-state index contributed by atoms with van der Waals surface area (Å²) in [5, 5.41) is 5.01. The van der Waals surface area contributed by atoms with Crippen molar-refractivity contribution in [2.24, 2.45) is 0 Å². The number of ether oxygens (including phenoxy) is 1. The number of hydrogen-bond donors (Lipinski definition) is 0. The van der Waals surface area contributed by atoms with E-state index in [2.05, 4.69) is 104 Å². The quantitative estimate of drug-likeness (QED) is 0.285. The van der Waals surface area contributed by atoms with Crippen LogP contribution in [0.25, 0.3) is 22.5 Å². The smallest absolute Gasteiger partial charge is 0.119 e. The number of rotatable bonds is 5. The van der Waals surface area contributed by atoms with Gasteiger partial charge in [0.25, 0.3) is 0 Å². The minimum atomic E-state index is 0.667. The predicted octanol–water partition coefficient (Wildman–Crippen LogP) is 7.11. The van der Waals surface area contributed by atoms with Gasteiger partial charge in [0.15, 0.2) is 0 Å². The monoisotopic (exact) mass is 510 g/mol. The summed E-state index contributed by atoms with van der Waals surface area (Å²) in [5.41, 5.74) is 6.68. The fourth-order valence-electron chi connectivity index (χ4n) is 3.46. The van der Waals surface area contributed by atoms with Gasteiger partial charge in [-0.2, -0.15) is 5.10 Å². The second-order valence-corrected chi connectivity index (χ2v) is 8.68. The average molecular weight is 512 g/mol. The largest absolute Gasteiger partial charge is 0.497 e. The zero-order chi connectivity index (χ0) is 20.4. The Bertz CT molecular complexity index is 1130. The van der Waals surface area contributed by atoms with E-state index in [1.54, 1.807) is 7.11 Å². The molecule has 0 radical (unpaired) electrons. The Morgan fingerprint density at radius 3 is 2.10 bits per heavy atom. The third kappa shape index (κ3) is 4.31. The number of benzene rings is 3. The van der Waals surface area contributed by atoms with Crippen LogP contribution in [0.15, 0.2) is 81.7 Å². The standard InChI is InChI=1S/C24H20Br2N2O/c1-16-23(18-6-10-20(25)11-7-18)27-28(15-17-4-3-5-22(14-17)29-2)24(16)19-8-12-21(26)13-9-19/h3-14H,15H2,1-2H3. The van der Waals surface area contributed by atoms with Crippen LogP contribution in [0.2, 0.25) is 0 Å². The van der Waals surface area contributed by atoms with Crippen LogP contribution in [0.1, 0.15) is 11.1 Å². The Hall–Kier alpha value is -2.37. The molecular weight excluding hydrogens is 492 g/mol. The van der Waals surface area contributed by atoms with Crippen molar-refractivity contribution < 1.29 is 4.74 Å². The number of nitrogens with zero attached hydrogens (tertiary/aromatic N) is 2. The molecule has 3 nitrogen and oxygen atoms in total. The van der Waals surface area contributed by atoms with Crippen molar-refractivity contribution in [2.45, 2.75) is 13.5 Å². The van der Waals surface area contributed by atoms with Gasteiger partial charge in [-0.25, -0.2) is 0 Å². The molecule has 1 aromatic heterocycles. The molecule has 3 aromatic carbocycles. The Kier molecular flexibility index (Phi) is 5.88. The molecule has 1 heterocycles. The van der Waals surface area contributed by atoms with Crippen LogP contribution in [-0.2, 0) is 6.54 Å². The molecule has 0 aliphatic rings. The molecule has 0 saturated carbocycles. The van der Waals surface area contributed by atoms with Gasteiger partial charge in [-0.3, -0.25) is 4.68 Å². The summed E-state index contributed by atoms with van der Waals surface area (Å²) in [6, 6.07) is 24.8. The third-order valence-electron chi connectivity index (χ3n) is 4.89. The zero-order valence-electron chi connectivity index (χ0n) is 16.2. The Labute approximate surface area is 187 Å². The van der Waals surface area contributed by atoms with E-state index >= 15 is 0 Å². The highest BCUT2D eigenvalue weighted by Gasteiger charge is 2.18. The average Bonchev–Trinajstić information content (AvgIpc) is 3.05. The van der Waals surface area contributed by atoms with Gasteiger partial charge in [-0.1, -0.05) is 68.3 Å². The van der Waals surface area contributed by atoms with E-state index < -0.39 is 0 Å². The summed E-state index contributed by atoms with van der Waals surface area (Å²) in [6.45, 7) is 2.81. The van der Waals surface area contributed by atoms with Gasteiger partial charge in [0, 0.05) is 25.6 Å². The van der Waals surface area contributed by atoms with Gasteiger partial charge >= 0.3 is 0 Å². The van der Waals surface area contributed by atoms with E-state index in [1.807, 2.05) is 12.1 Å². The molecule has 0 fully saturated rings. The van der Waals surface area contributed by atoms with Crippen LogP contribution in [0, 0.1) is 6.92 Å². The zero-order valence-corrected chi connectivity index (χ0v) is 19.4. The lowest BCUT2D eigenvalue weighted by Crippen LogP contribution is -2.04. The van der Waals surface area contributed by atoms with Crippen molar-refractivity contribution >= 4 is 31.9 Å². The van der Waals surface area contributed by atoms with Crippen molar-refractivity contribution in [1.82, 2.24) is 9.78 Å². The lowest BCUT2D eigenvalue weighted by atomic mass is 10.0. The molecular formula is C24H20Br2N2O. The molecule has 0 bridgehead atoms. The number of halogens is 2. The van der Waals surface area contributed by atoms with Gasteiger partial charge in [0.1, 0.15) is 5.75 Å². The molecule has 4 aromatic rings. The van der Waals surface area contributed by atoms with Gasteiger partial charge in [-0.05, 0) is 48.9 Å². The fourth-order valence-corrected chi connectivity index (χ4v) is 3.99. The Morgan fingerprint density at radius 1 is 0.862 bits per heavy atom. The maximum Gasteiger partial charge on any atom is 0.119 e. The number of aromatic nitrogens is 2. The van der Waals surface area contributed by atoms with Crippen molar-refractivity contribution in [3.05, 3.63) is 92.9 Å². The maximum absolute atomic E-state index is 5.39. The van der Waals surface area contributed by atoms with Gasteiger partial charge in [0.05, 0.1) is 25.0 Å². The highest BCUT2D eigenvalue weighted by atomic mass is 79.9. The molecule has 29 heavy (non-hydrogen) atoms. The fraction of sp³-hybridized carbons (Fsp3) is 0.125. The Morgan fingerprint density at radius 2 is 1.48 bits per heavy atom. The molecule has 0 unspecified atom stereocenters. The molecule has 0 saturated heterocycles. The van der Waals surface area contributed by atoms with Crippen LogP contribution >= 0.6 is 31.9 Å². The minimum absolute atomic E-state index is 0.667. The molecule has 0 atom stereocenters. The summed E-state index contributed by atoms with van der Waals surface area (Å²) < 4.78 is 9.60. The van der Waals surface area contributed by atoms with Gasteiger partial charge in [-0.15, -0.1) is 0 Å². The molecule has 4 rings (SSSR count). The summed E-state index contributed by atoms with van der Waals surface area (Å²) in [4.78, 5) is 0. The molecule has 0 N–H and O–H groups in total. The van der Waals surface area contributed by atoms with E-state index in [1.165, 1.54) is 0 Å². The molecule has 146 valence electrons. The molecule has 5 heteroatoms. The maximum atomic E-state index is 5.39. The summed E-state index contributed by atoms with van der Waals surface area (Å²) in [7, 11) is 1.69. The van der Waals surface area contributed by atoms with E-state index in [0.29, 0.717) is 6.54 Å². The first-order valence-corrected chi connectivity index (χ1v) is 10.9. The second kappa shape index (κ2) is 8.56. The third-order valence-corrected chi connectivity index (χ3v) is 5.95. The van der Waals surface area contributed by atoms with Crippen molar-refractivity contribution in [2.75, 3.05) is 7.11 Å². The lowest BCUT2D eigenvalue weighted by Gasteiger charge is -2.10. The summed E-state index contributed by atoms with van der Waals surface area (Å²) in [5.74, 6) is 0.852. The Balaban J connectivity index is 1.84.